The predicted octanol–water partition coefficient (Wildman–Crippen LogP) is 1.10. The minimum absolute atomic E-state index is 0.00655. The fourth-order valence-corrected chi connectivity index (χ4v) is 2.02. The number of aromatic nitrogens is 1. The maximum absolute atomic E-state index is 10.8. The van der Waals surface area contributed by atoms with Gasteiger partial charge in [-0.25, -0.2) is 9.78 Å². The Hall–Kier alpha value is -2.38. The van der Waals surface area contributed by atoms with E-state index in [9.17, 15) is 14.9 Å². The van der Waals surface area contributed by atoms with E-state index in [1.54, 1.807) is 13.0 Å². The lowest BCUT2D eigenvalue weighted by Crippen LogP contribution is -2.48. The Morgan fingerprint density at radius 1 is 1.42 bits per heavy atom. The predicted molar refractivity (Wildman–Crippen MR) is 67.4 cm³/mol. The van der Waals surface area contributed by atoms with E-state index >= 15 is 0 Å². The fourth-order valence-electron chi connectivity index (χ4n) is 2.02. The summed E-state index contributed by atoms with van der Waals surface area (Å²) in [6, 6.07) is 1.66. The van der Waals surface area contributed by atoms with Crippen molar-refractivity contribution in [2.75, 3.05) is 31.1 Å². The fraction of sp³-hybridized carbons (Fsp3) is 0.455. The van der Waals surface area contributed by atoms with Gasteiger partial charge in [-0.2, -0.15) is 0 Å². The van der Waals surface area contributed by atoms with Gasteiger partial charge < -0.3 is 14.9 Å². The summed E-state index contributed by atoms with van der Waals surface area (Å²) in [7, 11) is 0. The average Bonchev–Trinajstić information content (AvgIpc) is 2.38. The number of rotatable bonds is 2. The molecule has 0 aliphatic carbocycles. The van der Waals surface area contributed by atoms with Crippen molar-refractivity contribution >= 4 is 17.6 Å². The third kappa shape index (κ3) is 2.72. The van der Waals surface area contributed by atoms with Crippen LogP contribution in [0.1, 0.15) is 5.56 Å². The molecule has 1 saturated heterocycles. The monoisotopic (exact) mass is 266 g/mol. The molecule has 1 aliphatic rings. The molecule has 0 aromatic carbocycles. The number of anilines is 1. The van der Waals surface area contributed by atoms with Gasteiger partial charge in [-0.3, -0.25) is 10.1 Å². The first-order valence-corrected chi connectivity index (χ1v) is 5.83. The normalized spacial score (nSPS) is 15.4. The average molecular weight is 266 g/mol. The molecular weight excluding hydrogens is 252 g/mol. The molecule has 1 fully saturated rings. The summed E-state index contributed by atoms with van der Waals surface area (Å²) < 4.78 is 0. The van der Waals surface area contributed by atoms with E-state index in [1.165, 1.54) is 11.1 Å². The van der Waals surface area contributed by atoms with Gasteiger partial charge in [0, 0.05) is 31.7 Å². The van der Waals surface area contributed by atoms with Gasteiger partial charge in [-0.15, -0.1) is 0 Å². The van der Waals surface area contributed by atoms with Crippen LogP contribution in [-0.2, 0) is 0 Å². The molecule has 1 amide bonds. The van der Waals surface area contributed by atoms with Gasteiger partial charge in [0.15, 0.2) is 0 Å². The second kappa shape index (κ2) is 5.09. The van der Waals surface area contributed by atoms with Crippen molar-refractivity contribution in [3.8, 4) is 0 Å². The number of nitrogens with zero attached hydrogens (tertiary/aromatic N) is 4. The second-order valence-corrected chi connectivity index (χ2v) is 4.34. The molecule has 8 heteroatoms. The summed E-state index contributed by atoms with van der Waals surface area (Å²) in [4.78, 5) is 28.4. The van der Waals surface area contributed by atoms with Crippen LogP contribution in [0.5, 0.6) is 0 Å². The molecule has 102 valence electrons. The van der Waals surface area contributed by atoms with Crippen LogP contribution < -0.4 is 4.90 Å². The highest BCUT2D eigenvalue weighted by atomic mass is 16.6. The molecule has 1 aromatic heterocycles. The zero-order chi connectivity index (χ0) is 14.0. The Bertz CT molecular complexity index is 511. The van der Waals surface area contributed by atoms with Crippen LogP contribution in [0.25, 0.3) is 0 Å². The third-order valence-corrected chi connectivity index (χ3v) is 3.14. The molecule has 0 radical (unpaired) electrons. The van der Waals surface area contributed by atoms with Gasteiger partial charge in [-0.05, 0) is 13.0 Å². The summed E-state index contributed by atoms with van der Waals surface area (Å²) in [5, 5.41) is 19.6. The molecule has 2 heterocycles. The van der Waals surface area contributed by atoms with Crippen molar-refractivity contribution in [3.63, 3.8) is 0 Å². The van der Waals surface area contributed by atoms with Crippen LogP contribution in [0.3, 0.4) is 0 Å². The van der Waals surface area contributed by atoms with Gasteiger partial charge in [0.2, 0.25) is 0 Å². The Morgan fingerprint density at radius 3 is 2.53 bits per heavy atom. The Morgan fingerprint density at radius 2 is 2.05 bits per heavy atom. The van der Waals surface area contributed by atoms with E-state index in [0.717, 1.165) is 0 Å². The molecule has 0 saturated carbocycles. The third-order valence-electron chi connectivity index (χ3n) is 3.14. The van der Waals surface area contributed by atoms with Gasteiger partial charge in [-0.1, -0.05) is 0 Å². The smallest absolute Gasteiger partial charge is 0.407 e. The lowest BCUT2D eigenvalue weighted by molar-refractivity contribution is -0.385. The molecule has 1 aliphatic heterocycles. The molecule has 1 aromatic rings. The van der Waals surface area contributed by atoms with Crippen molar-refractivity contribution < 1.29 is 14.8 Å². The summed E-state index contributed by atoms with van der Waals surface area (Å²) in [5.41, 5.74) is 0.545. The lowest BCUT2D eigenvalue weighted by Gasteiger charge is -2.33. The summed E-state index contributed by atoms with van der Waals surface area (Å²) >= 11 is 0. The van der Waals surface area contributed by atoms with Crippen LogP contribution in [-0.4, -0.2) is 52.2 Å². The number of nitro groups is 1. The van der Waals surface area contributed by atoms with Gasteiger partial charge >= 0.3 is 6.09 Å². The zero-order valence-corrected chi connectivity index (χ0v) is 10.4. The minimum atomic E-state index is -0.924. The summed E-state index contributed by atoms with van der Waals surface area (Å²) in [6.45, 7) is 3.56. The Labute approximate surface area is 109 Å². The largest absolute Gasteiger partial charge is 0.465 e. The number of hydrogen-bond acceptors (Lipinski definition) is 5. The van der Waals surface area contributed by atoms with Crippen LogP contribution in [0.15, 0.2) is 12.3 Å². The van der Waals surface area contributed by atoms with Crippen LogP contribution in [0.2, 0.25) is 0 Å². The van der Waals surface area contributed by atoms with Crippen LogP contribution in [0, 0.1) is 17.0 Å². The highest BCUT2D eigenvalue weighted by molar-refractivity contribution is 5.65. The SMILES string of the molecule is Cc1cc(N2CCN(C(=O)O)CC2)ncc1[N+](=O)[O-]. The van der Waals surface area contributed by atoms with E-state index in [-0.39, 0.29) is 5.69 Å². The first-order valence-electron chi connectivity index (χ1n) is 5.83. The maximum Gasteiger partial charge on any atom is 0.407 e. The molecule has 19 heavy (non-hydrogen) atoms. The number of pyridine rings is 1. The summed E-state index contributed by atoms with van der Waals surface area (Å²) in [6.07, 6.45) is 0.321. The quantitative estimate of drug-likeness (QED) is 0.635. The van der Waals surface area contributed by atoms with E-state index in [0.29, 0.717) is 37.6 Å². The van der Waals surface area contributed by atoms with Crippen LogP contribution >= 0.6 is 0 Å². The van der Waals surface area contributed by atoms with E-state index in [4.69, 9.17) is 5.11 Å². The topological polar surface area (TPSA) is 99.8 Å². The van der Waals surface area contributed by atoms with Crippen LogP contribution in [0.4, 0.5) is 16.3 Å². The number of piperazine rings is 1. The number of carboxylic acid groups (broad SMARTS) is 1. The molecule has 1 N–H and O–H groups in total. The molecular formula is C11H14N4O4. The van der Waals surface area contributed by atoms with Crippen molar-refractivity contribution in [2.24, 2.45) is 0 Å². The zero-order valence-electron chi connectivity index (χ0n) is 10.4. The first kappa shape index (κ1) is 13.1. The number of carbonyl (C=O) groups is 1. The Kier molecular flexibility index (Phi) is 3.50. The Balaban J connectivity index is 2.10. The highest BCUT2D eigenvalue weighted by Crippen LogP contribution is 2.22. The highest BCUT2D eigenvalue weighted by Gasteiger charge is 2.22. The van der Waals surface area contributed by atoms with Gasteiger partial charge in [0.25, 0.3) is 5.69 Å². The van der Waals surface area contributed by atoms with Gasteiger partial charge in [0.05, 0.1) is 4.92 Å². The molecule has 0 atom stereocenters. The van der Waals surface area contributed by atoms with Gasteiger partial charge in [0.1, 0.15) is 12.0 Å². The van der Waals surface area contributed by atoms with Crippen molar-refractivity contribution in [1.82, 2.24) is 9.88 Å². The first-order chi connectivity index (χ1) is 8.99. The molecule has 0 bridgehead atoms. The minimum Gasteiger partial charge on any atom is -0.465 e. The van der Waals surface area contributed by atoms with Crippen molar-refractivity contribution in [2.45, 2.75) is 6.92 Å². The number of amides is 1. The summed E-state index contributed by atoms with van der Waals surface area (Å²) in [5.74, 6) is 0.646. The molecule has 2 rings (SSSR count). The van der Waals surface area contributed by atoms with E-state index in [1.807, 2.05) is 4.90 Å². The van der Waals surface area contributed by atoms with Crippen molar-refractivity contribution in [3.05, 3.63) is 27.9 Å². The maximum atomic E-state index is 10.8. The number of hydrogen-bond donors (Lipinski definition) is 1. The number of aryl methyl sites for hydroxylation is 1. The second-order valence-electron chi connectivity index (χ2n) is 4.34. The molecule has 0 spiro atoms. The standard InChI is InChI=1S/C11H14N4O4/c1-8-6-10(12-7-9(8)15(18)19)13-2-4-14(5-3-13)11(16)17/h6-7H,2-5H2,1H3,(H,16,17). The van der Waals surface area contributed by atoms with Crippen molar-refractivity contribution in [1.29, 1.82) is 0 Å². The van der Waals surface area contributed by atoms with E-state index in [2.05, 4.69) is 4.98 Å². The lowest BCUT2D eigenvalue weighted by atomic mass is 10.2. The molecule has 0 unspecified atom stereocenters. The van der Waals surface area contributed by atoms with E-state index < -0.39 is 11.0 Å². The molecule has 8 nitrogen and oxygen atoms in total.